The Morgan fingerprint density at radius 1 is 1.42 bits per heavy atom. The second kappa shape index (κ2) is 5.57. The molecule has 98 valence electrons. The third-order valence-corrected chi connectivity index (χ3v) is 3.22. The number of anilines is 2. The van der Waals surface area contributed by atoms with Crippen LogP contribution in [0.1, 0.15) is 13.8 Å². The van der Waals surface area contributed by atoms with E-state index >= 15 is 0 Å². The third-order valence-electron chi connectivity index (χ3n) is 3.22. The number of benzene rings is 1. The van der Waals surface area contributed by atoms with Crippen LogP contribution in [0.3, 0.4) is 0 Å². The zero-order chi connectivity index (χ0) is 13.8. The van der Waals surface area contributed by atoms with Crippen LogP contribution in [0.5, 0.6) is 0 Å². The summed E-state index contributed by atoms with van der Waals surface area (Å²) in [5.74, 6) is -0.0173. The molecule has 0 bridgehead atoms. The maximum absolute atomic E-state index is 8.97. The number of aromatic nitrogens is 1. The fraction of sp³-hybridized carbons (Fsp3) is 0.333. The SMILES string of the molecule is CCN(CC(C)C#N)c1ccc(N)c2cccnc12. The van der Waals surface area contributed by atoms with E-state index in [2.05, 4.69) is 22.9 Å². The van der Waals surface area contributed by atoms with Crippen LogP contribution in [0.2, 0.25) is 0 Å². The van der Waals surface area contributed by atoms with Crippen LogP contribution >= 0.6 is 0 Å². The molecule has 0 radical (unpaired) electrons. The Balaban J connectivity index is 2.49. The van der Waals surface area contributed by atoms with Crippen LogP contribution < -0.4 is 10.6 Å². The Labute approximate surface area is 113 Å². The summed E-state index contributed by atoms with van der Waals surface area (Å²) in [5, 5.41) is 9.93. The Hall–Kier alpha value is -2.28. The predicted octanol–water partition coefficient (Wildman–Crippen LogP) is 2.80. The Kier molecular flexibility index (Phi) is 3.86. The quantitative estimate of drug-likeness (QED) is 0.852. The Morgan fingerprint density at radius 3 is 2.89 bits per heavy atom. The zero-order valence-corrected chi connectivity index (χ0v) is 11.3. The number of pyridine rings is 1. The molecule has 0 saturated heterocycles. The molecule has 1 aromatic carbocycles. The zero-order valence-electron chi connectivity index (χ0n) is 11.3. The number of nitriles is 1. The fourth-order valence-corrected chi connectivity index (χ4v) is 2.20. The maximum atomic E-state index is 8.97. The van der Waals surface area contributed by atoms with Crippen molar-refractivity contribution >= 4 is 22.3 Å². The monoisotopic (exact) mass is 254 g/mol. The van der Waals surface area contributed by atoms with Gasteiger partial charge in [-0.1, -0.05) is 0 Å². The lowest BCUT2D eigenvalue weighted by Crippen LogP contribution is -2.28. The van der Waals surface area contributed by atoms with Crippen molar-refractivity contribution in [3.05, 3.63) is 30.5 Å². The average molecular weight is 254 g/mol. The number of rotatable bonds is 4. The number of fused-ring (bicyclic) bond motifs is 1. The first kappa shape index (κ1) is 13.2. The molecule has 0 amide bonds. The van der Waals surface area contributed by atoms with Crippen molar-refractivity contribution in [3.63, 3.8) is 0 Å². The molecule has 0 fully saturated rings. The molecule has 1 atom stereocenters. The van der Waals surface area contributed by atoms with Crippen molar-refractivity contribution in [1.82, 2.24) is 4.98 Å². The summed E-state index contributed by atoms with van der Waals surface area (Å²) in [6, 6.07) is 10.0. The minimum Gasteiger partial charge on any atom is -0.398 e. The molecule has 0 saturated carbocycles. The van der Waals surface area contributed by atoms with Crippen molar-refractivity contribution in [2.24, 2.45) is 5.92 Å². The summed E-state index contributed by atoms with van der Waals surface area (Å²) >= 11 is 0. The number of hydrogen-bond acceptors (Lipinski definition) is 4. The minimum absolute atomic E-state index is 0.0173. The maximum Gasteiger partial charge on any atom is 0.0955 e. The van der Waals surface area contributed by atoms with Gasteiger partial charge in [0.05, 0.1) is 23.2 Å². The molecule has 2 aromatic rings. The smallest absolute Gasteiger partial charge is 0.0955 e. The van der Waals surface area contributed by atoms with E-state index in [-0.39, 0.29) is 5.92 Å². The first-order valence-electron chi connectivity index (χ1n) is 6.45. The van der Waals surface area contributed by atoms with Gasteiger partial charge in [-0.05, 0) is 38.1 Å². The highest BCUT2D eigenvalue weighted by atomic mass is 15.1. The summed E-state index contributed by atoms with van der Waals surface area (Å²) in [4.78, 5) is 6.61. The number of nitrogens with zero attached hydrogens (tertiary/aromatic N) is 3. The van der Waals surface area contributed by atoms with E-state index in [0.717, 1.165) is 28.8 Å². The highest BCUT2D eigenvalue weighted by molar-refractivity contribution is 5.98. The van der Waals surface area contributed by atoms with E-state index < -0.39 is 0 Å². The second-order valence-corrected chi connectivity index (χ2v) is 4.64. The van der Waals surface area contributed by atoms with Crippen LogP contribution in [0.4, 0.5) is 11.4 Å². The molecule has 0 aliphatic carbocycles. The molecule has 19 heavy (non-hydrogen) atoms. The first-order chi connectivity index (χ1) is 9.17. The molecular weight excluding hydrogens is 236 g/mol. The molecule has 0 aliphatic heterocycles. The lowest BCUT2D eigenvalue weighted by atomic mass is 10.1. The second-order valence-electron chi connectivity index (χ2n) is 4.64. The standard InChI is InChI=1S/C15H18N4/c1-3-19(10-11(2)9-16)14-7-6-13(17)12-5-4-8-18-15(12)14/h4-8,11H,3,10,17H2,1-2H3. The van der Waals surface area contributed by atoms with E-state index in [0.29, 0.717) is 6.54 Å². The van der Waals surface area contributed by atoms with Crippen molar-refractivity contribution in [2.45, 2.75) is 13.8 Å². The van der Waals surface area contributed by atoms with Gasteiger partial charge in [-0.15, -0.1) is 0 Å². The van der Waals surface area contributed by atoms with Crippen molar-refractivity contribution in [3.8, 4) is 6.07 Å². The minimum atomic E-state index is -0.0173. The molecule has 0 spiro atoms. The predicted molar refractivity (Wildman–Crippen MR) is 78.8 cm³/mol. The van der Waals surface area contributed by atoms with Crippen LogP contribution in [0.25, 0.3) is 10.9 Å². The van der Waals surface area contributed by atoms with Gasteiger partial charge in [-0.2, -0.15) is 5.26 Å². The van der Waals surface area contributed by atoms with Gasteiger partial charge in [0.15, 0.2) is 0 Å². The van der Waals surface area contributed by atoms with Crippen LogP contribution in [0.15, 0.2) is 30.5 Å². The highest BCUT2D eigenvalue weighted by Gasteiger charge is 2.13. The summed E-state index contributed by atoms with van der Waals surface area (Å²) < 4.78 is 0. The molecular formula is C15H18N4. The van der Waals surface area contributed by atoms with Crippen LogP contribution in [-0.4, -0.2) is 18.1 Å². The number of nitrogens with two attached hydrogens (primary N) is 1. The van der Waals surface area contributed by atoms with E-state index in [1.807, 2.05) is 31.2 Å². The Morgan fingerprint density at radius 2 is 2.21 bits per heavy atom. The first-order valence-corrected chi connectivity index (χ1v) is 6.45. The van der Waals surface area contributed by atoms with Gasteiger partial charge in [-0.3, -0.25) is 4.98 Å². The van der Waals surface area contributed by atoms with Gasteiger partial charge in [-0.25, -0.2) is 0 Å². The van der Waals surface area contributed by atoms with Gasteiger partial charge in [0.25, 0.3) is 0 Å². The molecule has 0 aliphatic rings. The topological polar surface area (TPSA) is 65.9 Å². The van der Waals surface area contributed by atoms with Crippen molar-refractivity contribution < 1.29 is 0 Å². The Bertz CT molecular complexity index is 615. The number of nitrogen functional groups attached to an aromatic ring is 1. The van der Waals surface area contributed by atoms with Crippen molar-refractivity contribution in [1.29, 1.82) is 5.26 Å². The summed E-state index contributed by atoms with van der Waals surface area (Å²) in [5.41, 5.74) is 8.65. The molecule has 4 nitrogen and oxygen atoms in total. The lowest BCUT2D eigenvalue weighted by molar-refractivity contribution is 0.687. The molecule has 4 heteroatoms. The summed E-state index contributed by atoms with van der Waals surface area (Å²) in [6.07, 6.45) is 1.77. The van der Waals surface area contributed by atoms with Gasteiger partial charge in [0, 0.05) is 30.4 Å². The van der Waals surface area contributed by atoms with E-state index in [9.17, 15) is 0 Å². The van der Waals surface area contributed by atoms with E-state index in [1.165, 1.54) is 0 Å². The largest absolute Gasteiger partial charge is 0.398 e. The third kappa shape index (κ3) is 2.60. The van der Waals surface area contributed by atoms with Crippen LogP contribution in [-0.2, 0) is 0 Å². The fourth-order valence-electron chi connectivity index (χ4n) is 2.20. The molecule has 2 rings (SSSR count). The molecule has 1 aromatic heterocycles. The average Bonchev–Trinajstić information content (AvgIpc) is 2.45. The summed E-state index contributed by atoms with van der Waals surface area (Å²) in [6.45, 7) is 5.54. The highest BCUT2D eigenvalue weighted by Crippen LogP contribution is 2.29. The van der Waals surface area contributed by atoms with E-state index in [1.54, 1.807) is 6.20 Å². The molecule has 2 N–H and O–H groups in total. The lowest BCUT2D eigenvalue weighted by Gasteiger charge is -2.25. The normalized spacial score (nSPS) is 12.1. The van der Waals surface area contributed by atoms with Gasteiger partial charge >= 0.3 is 0 Å². The summed E-state index contributed by atoms with van der Waals surface area (Å²) in [7, 11) is 0. The van der Waals surface area contributed by atoms with Gasteiger partial charge < -0.3 is 10.6 Å². The number of hydrogen-bond donors (Lipinski definition) is 1. The van der Waals surface area contributed by atoms with E-state index in [4.69, 9.17) is 11.0 Å². The van der Waals surface area contributed by atoms with Gasteiger partial charge in [0.2, 0.25) is 0 Å². The molecule has 1 unspecified atom stereocenters. The van der Waals surface area contributed by atoms with Crippen LogP contribution in [0, 0.1) is 17.2 Å². The molecule has 1 heterocycles. The van der Waals surface area contributed by atoms with Crippen molar-refractivity contribution in [2.75, 3.05) is 23.7 Å². The van der Waals surface area contributed by atoms with Gasteiger partial charge in [0.1, 0.15) is 0 Å².